The Morgan fingerprint density at radius 1 is 1.60 bits per heavy atom. The lowest BCUT2D eigenvalue weighted by atomic mass is 10.4. The van der Waals surface area contributed by atoms with E-state index in [-0.39, 0.29) is 21.6 Å². The van der Waals surface area contributed by atoms with E-state index >= 15 is 0 Å². The molecule has 0 amide bonds. The number of aromatic nitrogens is 2. The molecule has 3 nitrogen and oxygen atoms in total. The van der Waals surface area contributed by atoms with Crippen LogP contribution in [0.1, 0.15) is 5.69 Å². The number of pyridine rings is 1. The first-order chi connectivity index (χ1) is 7.15. The SMILES string of the molecule is O=c1c(Br)c(CCl)nc2c(F)cccn12. The molecule has 2 rings (SSSR count). The zero-order chi connectivity index (χ0) is 11.0. The summed E-state index contributed by atoms with van der Waals surface area (Å²) < 4.78 is 14.7. The van der Waals surface area contributed by atoms with Gasteiger partial charge in [0.2, 0.25) is 0 Å². The second kappa shape index (κ2) is 3.90. The predicted molar refractivity (Wildman–Crippen MR) is 58.7 cm³/mol. The van der Waals surface area contributed by atoms with Crippen molar-refractivity contribution in [2.24, 2.45) is 0 Å². The molecule has 0 bridgehead atoms. The number of fused-ring (bicyclic) bond motifs is 1. The fraction of sp³-hybridized carbons (Fsp3) is 0.111. The van der Waals surface area contributed by atoms with E-state index in [4.69, 9.17) is 11.6 Å². The molecule has 0 spiro atoms. The number of hydrogen-bond donors (Lipinski definition) is 0. The number of hydrogen-bond acceptors (Lipinski definition) is 2. The maximum atomic E-state index is 13.3. The third kappa shape index (κ3) is 1.66. The highest BCUT2D eigenvalue weighted by Gasteiger charge is 2.11. The van der Waals surface area contributed by atoms with E-state index in [9.17, 15) is 9.18 Å². The lowest BCUT2D eigenvalue weighted by molar-refractivity contribution is 0.626. The van der Waals surface area contributed by atoms with Gasteiger partial charge >= 0.3 is 0 Å². The Hall–Kier alpha value is -0.940. The number of rotatable bonds is 1. The Bertz CT molecular complexity index is 584. The van der Waals surface area contributed by atoms with Gasteiger partial charge < -0.3 is 0 Å². The third-order valence-electron chi connectivity index (χ3n) is 1.95. The smallest absolute Gasteiger partial charge is 0.268 e. The van der Waals surface area contributed by atoms with E-state index in [0.717, 1.165) is 4.40 Å². The molecular weight excluding hydrogens is 286 g/mol. The van der Waals surface area contributed by atoms with Crippen LogP contribution in [0.25, 0.3) is 5.65 Å². The molecule has 0 aromatic carbocycles. The van der Waals surface area contributed by atoms with E-state index < -0.39 is 5.82 Å². The minimum Gasteiger partial charge on any atom is -0.268 e. The summed E-state index contributed by atoms with van der Waals surface area (Å²) in [5.74, 6) is -0.492. The maximum absolute atomic E-state index is 13.3. The van der Waals surface area contributed by atoms with Crippen molar-refractivity contribution in [2.75, 3.05) is 0 Å². The highest BCUT2D eigenvalue weighted by atomic mass is 79.9. The van der Waals surface area contributed by atoms with Crippen LogP contribution in [0.4, 0.5) is 4.39 Å². The second-order valence-corrected chi connectivity index (χ2v) is 3.92. The third-order valence-corrected chi connectivity index (χ3v) is 3.00. The maximum Gasteiger partial charge on any atom is 0.272 e. The Morgan fingerprint density at radius 3 is 3.00 bits per heavy atom. The van der Waals surface area contributed by atoms with Crippen molar-refractivity contribution in [3.05, 3.63) is 44.7 Å². The molecule has 78 valence electrons. The molecule has 0 saturated carbocycles. The summed E-state index contributed by atoms with van der Waals surface area (Å²) in [5, 5.41) is 0. The van der Waals surface area contributed by atoms with Crippen molar-refractivity contribution in [3.63, 3.8) is 0 Å². The summed E-state index contributed by atoms with van der Waals surface area (Å²) in [6.07, 6.45) is 1.45. The fourth-order valence-corrected chi connectivity index (χ4v) is 2.01. The van der Waals surface area contributed by atoms with E-state index in [1.807, 2.05) is 0 Å². The molecule has 2 aromatic heterocycles. The van der Waals surface area contributed by atoms with Crippen LogP contribution in [0.5, 0.6) is 0 Å². The van der Waals surface area contributed by atoms with E-state index in [2.05, 4.69) is 20.9 Å². The highest BCUT2D eigenvalue weighted by Crippen LogP contribution is 2.14. The van der Waals surface area contributed by atoms with Gasteiger partial charge in [0.05, 0.1) is 11.6 Å². The quantitative estimate of drug-likeness (QED) is 0.756. The van der Waals surface area contributed by atoms with Crippen LogP contribution in [0.2, 0.25) is 0 Å². The van der Waals surface area contributed by atoms with Crippen LogP contribution in [-0.4, -0.2) is 9.38 Å². The van der Waals surface area contributed by atoms with Crippen LogP contribution >= 0.6 is 27.5 Å². The molecule has 0 N–H and O–H groups in total. The van der Waals surface area contributed by atoms with E-state index in [1.165, 1.54) is 18.3 Å². The predicted octanol–water partition coefficient (Wildman–Crippen LogP) is 2.33. The Balaban J connectivity index is 2.98. The molecule has 0 saturated heterocycles. The average molecular weight is 292 g/mol. The zero-order valence-corrected chi connectivity index (χ0v) is 9.72. The van der Waals surface area contributed by atoms with Crippen molar-refractivity contribution >= 4 is 33.2 Å². The van der Waals surface area contributed by atoms with E-state index in [0.29, 0.717) is 5.69 Å². The summed E-state index contributed by atoms with van der Waals surface area (Å²) in [6, 6.07) is 2.69. The fourth-order valence-electron chi connectivity index (χ4n) is 1.24. The molecule has 0 aliphatic rings. The number of halogens is 3. The zero-order valence-electron chi connectivity index (χ0n) is 7.38. The topological polar surface area (TPSA) is 34.4 Å². The lowest BCUT2D eigenvalue weighted by Gasteiger charge is -2.04. The molecule has 2 aromatic rings. The van der Waals surface area contributed by atoms with Crippen molar-refractivity contribution in [2.45, 2.75) is 5.88 Å². The van der Waals surface area contributed by atoms with Gasteiger partial charge in [0.1, 0.15) is 4.47 Å². The van der Waals surface area contributed by atoms with Crippen LogP contribution < -0.4 is 5.56 Å². The van der Waals surface area contributed by atoms with Gasteiger partial charge in [-0.3, -0.25) is 9.20 Å². The summed E-state index contributed by atoms with van der Waals surface area (Å²) >= 11 is 8.68. The summed E-state index contributed by atoms with van der Waals surface area (Å²) in [6.45, 7) is 0. The summed E-state index contributed by atoms with van der Waals surface area (Å²) in [5.41, 5.74) is -0.0386. The first-order valence-corrected chi connectivity index (χ1v) is 5.39. The van der Waals surface area contributed by atoms with Crippen molar-refractivity contribution < 1.29 is 4.39 Å². The van der Waals surface area contributed by atoms with E-state index in [1.54, 1.807) is 0 Å². The van der Waals surface area contributed by atoms with Crippen molar-refractivity contribution in [1.82, 2.24) is 9.38 Å². The normalized spacial score (nSPS) is 10.9. The molecular formula is C9H5BrClFN2O. The Morgan fingerprint density at radius 2 is 2.33 bits per heavy atom. The summed E-state index contributed by atoms with van der Waals surface area (Å²) in [4.78, 5) is 15.7. The molecule has 15 heavy (non-hydrogen) atoms. The van der Waals surface area contributed by atoms with Gasteiger partial charge in [0.15, 0.2) is 11.5 Å². The van der Waals surface area contributed by atoms with Gasteiger partial charge in [-0.25, -0.2) is 9.37 Å². The van der Waals surface area contributed by atoms with Crippen LogP contribution in [-0.2, 0) is 5.88 Å². The molecule has 0 aliphatic carbocycles. The lowest BCUT2D eigenvalue weighted by Crippen LogP contribution is -2.18. The molecule has 6 heteroatoms. The van der Waals surface area contributed by atoms with Crippen LogP contribution in [0.15, 0.2) is 27.6 Å². The monoisotopic (exact) mass is 290 g/mol. The van der Waals surface area contributed by atoms with Gasteiger partial charge in [-0.05, 0) is 28.1 Å². The molecule has 0 atom stereocenters. The average Bonchev–Trinajstić information content (AvgIpc) is 2.24. The second-order valence-electron chi connectivity index (χ2n) is 2.86. The summed E-state index contributed by atoms with van der Waals surface area (Å²) in [7, 11) is 0. The Labute approximate surface area is 97.6 Å². The first-order valence-electron chi connectivity index (χ1n) is 4.06. The molecule has 0 aliphatic heterocycles. The van der Waals surface area contributed by atoms with Gasteiger partial charge in [0, 0.05) is 6.20 Å². The van der Waals surface area contributed by atoms with Gasteiger partial charge in [0.25, 0.3) is 5.56 Å². The number of alkyl halides is 1. The molecule has 0 fully saturated rings. The standard InChI is InChI=1S/C9H5BrClFN2O/c10-7-6(4-11)13-8-5(12)2-1-3-14(8)9(7)15/h1-3H,4H2. The van der Waals surface area contributed by atoms with Gasteiger partial charge in [-0.2, -0.15) is 0 Å². The highest BCUT2D eigenvalue weighted by molar-refractivity contribution is 9.10. The first kappa shape index (κ1) is 10.6. The number of nitrogens with zero attached hydrogens (tertiary/aromatic N) is 2. The van der Waals surface area contributed by atoms with Crippen LogP contribution in [0, 0.1) is 5.82 Å². The largest absolute Gasteiger partial charge is 0.272 e. The van der Waals surface area contributed by atoms with Crippen molar-refractivity contribution in [1.29, 1.82) is 0 Å². The minimum absolute atomic E-state index is 0.0126. The van der Waals surface area contributed by atoms with Gasteiger partial charge in [-0.15, -0.1) is 11.6 Å². The molecule has 2 heterocycles. The molecule has 0 unspecified atom stereocenters. The Kier molecular flexibility index (Phi) is 2.75. The van der Waals surface area contributed by atoms with Crippen molar-refractivity contribution in [3.8, 4) is 0 Å². The van der Waals surface area contributed by atoms with Gasteiger partial charge in [-0.1, -0.05) is 0 Å². The minimum atomic E-state index is -0.548. The van der Waals surface area contributed by atoms with Crippen LogP contribution in [0.3, 0.4) is 0 Å². The molecule has 0 radical (unpaired) electrons.